The first kappa shape index (κ1) is 23.7. The van der Waals surface area contributed by atoms with E-state index in [9.17, 15) is 14.0 Å². The topological polar surface area (TPSA) is 94.7 Å². The van der Waals surface area contributed by atoms with Crippen LogP contribution in [0.15, 0.2) is 58.2 Å². The van der Waals surface area contributed by atoms with Crippen LogP contribution in [0.25, 0.3) is 22.5 Å². The molecule has 4 aromatic rings. The maximum absolute atomic E-state index is 14.3. The maximum atomic E-state index is 14.3. The molecule has 3 heterocycles. The van der Waals surface area contributed by atoms with Crippen LogP contribution in [0, 0.1) is 11.7 Å². The van der Waals surface area contributed by atoms with Gasteiger partial charge >= 0.3 is 0 Å². The van der Waals surface area contributed by atoms with E-state index in [0.29, 0.717) is 40.1 Å². The summed E-state index contributed by atoms with van der Waals surface area (Å²) < 4.78 is 18.3. The second kappa shape index (κ2) is 9.33. The number of hydrogen-bond acceptors (Lipinski definition) is 5. The molecule has 1 aromatic carbocycles. The molecule has 2 aliphatic carbocycles. The number of benzene rings is 1. The molecule has 0 saturated heterocycles. The van der Waals surface area contributed by atoms with Gasteiger partial charge in [0.05, 0.1) is 0 Å². The number of carbonyl (C=O) groups is 1. The smallest absolute Gasteiger partial charge is 0.263 e. The average Bonchev–Trinajstić information content (AvgIpc) is 3.80. The van der Waals surface area contributed by atoms with Crippen LogP contribution in [0.4, 0.5) is 10.2 Å². The Bertz CT molecular complexity index is 1590. The first-order valence-electron chi connectivity index (χ1n) is 12.2. The molecule has 0 aliphatic heterocycles. The Kier molecular flexibility index (Phi) is 5.98. The van der Waals surface area contributed by atoms with E-state index in [1.165, 1.54) is 12.1 Å². The number of aryl methyl sites for hydroxylation is 1. The molecule has 10 heteroatoms. The molecule has 2 fully saturated rings. The Balaban J connectivity index is 1.39. The third-order valence-corrected chi connectivity index (χ3v) is 7.21. The van der Waals surface area contributed by atoms with E-state index in [-0.39, 0.29) is 16.9 Å². The molecule has 1 N–H and O–H groups in total. The Morgan fingerprint density at radius 3 is 2.65 bits per heavy atom. The molecule has 188 valence electrons. The fraction of sp³-hybridized carbons (Fsp3) is 0.296. The standard InChI is InChI=1S/C27H24BrFN6O2/c1-34-14-30-33-25(34)21-11-19(29)6-7-20(21)17-8-23(16-4-5-16)31-24(9-17)32-26(36)22-10-18(28)13-35(27(22)37)12-15-2-3-15/h6-11,13-16H,2-5,12H2,1H3,(H,31,32,36). The van der Waals surface area contributed by atoms with E-state index in [0.717, 1.165) is 42.5 Å². The van der Waals surface area contributed by atoms with E-state index in [4.69, 9.17) is 0 Å². The summed E-state index contributed by atoms with van der Waals surface area (Å²) in [7, 11) is 1.80. The number of carbonyl (C=O) groups excluding carboxylic acids is 1. The lowest BCUT2D eigenvalue weighted by Crippen LogP contribution is -2.29. The first-order chi connectivity index (χ1) is 17.9. The van der Waals surface area contributed by atoms with E-state index in [1.807, 2.05) is 6.07 Å². The third-order valence-electron chi connectivity index (χ3n) is 6.78. The van der Waals surface area contributed by atoms with Crippen LogP contribution in [0.1, 0.15) is 47.7 Å². The van der Waals surface area contributed by atoms with Gasteiger partial charge in [0, 0.05) is 41.4 Å². The number of hydrogen-bond donors (Lipinski definition) is 1. The Hall–Kier alpha value is -3.66. The molecule has 1 amide bonds. The van der Waals surface area contributed by atoms with Gasteiger partial charge in [-0.25, -0.2) is 9.37 Å². The summed E-state index contributed by atoms with van der Waals surface area (Å²) in [4.78, 5) is 31.0. The van der Waals surface area contributed by atoms with Crippen molar-refractivity contribution in [3.8, 4) is 22.5 Å². The molecule has 6 rings (SSSR count). The van der Waals surface area contributed by atoms with Crippen molar-refractivity contribution in [1.82, 2.24) is 24.3 Å². The summed E-state index contributed by atoms with van der Waals surface area (Å²) >= 11 is 3.43. The van der Waals surface area contributed by atoms with Crippen molar-refractivity contribution < 1.29 is 9.18 Å². The number of nitrogens with zero attached hydrogens (tertiary/aromatic N) is 5. The number of amides is 1. The van der Waals surface area contributed by atoms with Crippen molar-refractivity contribution in [2.75, 3.05) is 5.32 Å². The molecule has 0 atom stereocenters. The van der Waals surface area contributed by atoms with E-state index in [1.54, 1.807) is 46.9 Å². The second-order valence-electron chi connectivity index (χ2n) is 9.82. The highest BCUT2D eigenvalue weighted by Gasteiger charge is 2.27. The number of anilines is 1. The summed E-state index contributed by atoms with van der Waals surface area (Å²) in [6.45, 7) is 0.605. The van der Waals surface area contributed by atoms with Gasteiger partial charge in [0.1, 0.15) is 23.5 Å². The summed E-state index contributed by atoms with van der Waals surface area (Å²) in [6, 6.07) is 9.79. The molecule has 0 bridgehead atoms. The maximum Gasteiger partial charge on any atom is 0.263 e. The minimum atomic E-state index is -0.519. The summed E-state index contributed by atoms with van der Waals surface area (Å²) in [5, 5.41) is 10.9. The normalized spacial score (nSPS) is 15.1. The molecule has 0 unspecified atom stereocenters. The van der Waals surface area contributed by atoms with Crippen LogP contribution < -0.4 is 10.9 Å². The fourth-order valence-corrected chi connectivity index (χ4v) is 4.98. The molecule has 2 aliphatic rings. The lowest BCUT2D eigenvalue weighted by atomic mass is 9.98. The van der Waals surface area contributed by atoms with Gasteiger partial charge in [-0.3, -0.25) is 9.59 Å². The zero-order valence-electron chi connectivity index (χ0n) is 20.1. The van der Waals surface area contributed by atoms with E-state index in [2.05, 4.69) is 36.4 Å². The van der Waals surface area contributed by atoms with E-state index >= 15 is 0 Å². The lowest BCUT2D eigenvalue weighted by Gasteiger charge is -2.14. The van der Waals surface area contributed by atoms with Gasteiger partial charge in [-0.2, -0.15) is 0 Å². The number of pyridine rings is 2. The van der Waals surface area contributed by atoms with Crippen LogP contribution in [-0.2, 0) is 13.6 Å². The van der Waals surface area contributed by atoms with Crippen molar-refractivity contribution >= 4 is 27.7 Å². The first-order valence-corrected chi connectivity index (χ1v) is 13.0. The zero-order valence-corrected chi connectivity index (χ0v) is 21.7. The van der Waals surface area contributed by atoms with E-state index < -0.39 is 5.91 Å². The van der Waals surface area contributed by atoms with Crippen LogP contribution in [0.5, 0.6) is 0 Å². The summed E-state index contributed by atoms with van der Waals surface area (Å²) in [5.74, 6) is 0.747. The van der Waals surface area contributed by atoms with Gasteiger partial charge in [-0.15, -0.1) is 10.2 Å². The van der Waals surface area contributed by atoms with Gasteiger partial charge < -0.3 is 14.5 Å². The van der Waals surface area contributed by atoms with Crippen LogP contribution in [0.2, 0.25) is 0 Å². The molecule has 8 nitrogen and oxygen atoms in total. The lowest BCUT2D eigenvalue weighted by molar-refractivity contribution is 0.102. The monoisotopic (exact) mass is 562 g/mol. The highest BCUT2D eigenvalue weighted by atomic mass is 79.9. The molecular formula is C27H24BrFN6O2. The zero-order chi connectivity index (χ0) is 25.7. The predicted octanol–water partition coefficient (Wildman–Crippen LogP) is 5.15. The van der Waals surface area contributed by atoms with Gasteiger partial charge in [-0.05, 0) is 89.0 Å². The van der Waals surface area contributed by atoms with Gasteiger partial charge in [0.2, 0.25) is 0 Å². The Morgan fingerprint density at radius 1 is 1.14 bits per heavy atom. The number of rotatable bonds is 7. The van der Waals surface area contributed by atoms with Crippen molar-refractivity contribution in [2.24, 2.45) is 13.0 Å². The molecule has 37 heavy (non-hydrogen) atoms. The summed E-state index contributed by atoms with van der Waals surface area (Å²) in [6.07, 6.45) is 7.51. The number of halogens is 2. The number of aromatic nitrogens is 5. The van der Waals surface area contributed by atoms with Crippen LogP contribution in [-0.4, -0.2) is 30.2 Å². The quantitative estimate of drug-likeness (QED) is 0.336. The third kappa shape index (κ3) is 4.98. The highest BCUT2D eigenvalue weighted by molar-refractivity contribution is 9.10. The largest absolute Gasteiger partial charge is 0.317 e. The van der Waals surface area contributed by atoms with Crippen LogP contribution >= 0.6 is 15.9 Å². The molecule has 0 radical (unpaired) electrons. The van der Waals surface area contributed by atoms with Crippen molar-refractivity contribution in [3.63, 3.8) is 0 Å². The average molecular weight is 563 g/mol. The Labute approximate surface area is 220 Å². The van der Waals surface area contributed by atoms with Crippen molar-refractivity contribution in [3.05, 3.63) is 80.8 Å². The molecule has 0 spiro atoms. The highest BCUT2D eigenvalue weighted by Crippen LogP contribution is 2.42. The minimum Gasteiger partial charge on any atom is -0.317 e. The predicted molar refractivity (Wildman–Crippen MR) is 141 cm³/mol. The van der Waals surface area contributed by atoms with Crippen molar-refractivity contribution in [2.45, 2.75) is 38.1 Å². The van der Waals surface area contributed by atoms with Gasteiger partial charge in [0.15, 0.2) is 5.82 Å². The van der Waals surface area contributed by atoms with Crippen molar-refractivity contribution in [1.29, 1.82) is 0 Å². The Morgan fingerprint density at radius 2 is 1.95 bits per heavy atom. The number of nitrogens with one attached hydrogen (secondary N) is 1. The van der Waals surface area contributed by atoms with Crippen LogP contribution in [0.3, 0.4) is 0 Å². The summed E-state index contributed by atoms with van der Waals surface area (Å²) in [5.41, 5.74) is 2.67. The van der Waals surface area contributed by atoms with Gasteiger partial charge in [-0.1, -0.05) is 6.07 Å². The van der Waals surface area contributed by atoms with Gasteiger partial charge in [0.25, 0.3) is 11.5 Å². The SMILES string of the molecule is Cn1cnnc1-c1cc(F)ccc1-c1cc(NC(=O)c2cc(Br)cn(CC3CC3)c2=O)nc(C2CC2)c1. The molecule has 3 aromatic heterocycles. The molecule has 2 saturated carbocycles. The molecular weight excluding hydrogens is 539 g/mol. The minimum absolute atomic E-state index is 0.0526. The second-order valence-corrected chi connectivity index (χ2v) is 10.7. The fourth-order valence-electron chi connectivity index (χ4n) is 4.50.